The quantitative estimate of drug-likeness (QED) is 0.243. The summed E-state index contributed by atoms with van der Waals surface area (Å²) in [6.45, 7) is 1.64. The number of aromatic nitrogens is 4. The average Bonchev–Trinajstić information content (AvgIpc) is 3.19. The van der Waals surface area contributed by atoms with Crippen LogP contribution >= 0.6 is 11.6 Å². The van der Waals surface area contributed by atoms with E-state index in [0.717, 1.165) is 12.3 Å². The van der Waals surface area contributed by atoms with Crippen molar-refractivity contribution in [2.45, 2.75) is 19.1 Å². The van der Waals surface area contributed by atoms with Crippen molar-refractivity contribution in [2.75, 3.05) is 0 Å². The molecule has 0 saturated carbocycles. The minimum atomic E-state index is -4.71. The van der Waals surface area contributed by atoms with Crippen LogP contribution in [-0.4, -0.2) is 19.5 Å². The zero-order valence-corrected chi connectivity index (χ0v) is 18.7. The van der Waals surface area contributed by atoms with Gasteiger partial charge in [-0.05, 0) is 48.7 Å². The molecule has 0 amide bonds. The molecule has 0 aliphatic heterocycles. The fraction of sp³-hybridized carbons (Fsp3) is 0.125. The Hall–Kier alpha value is -3.76. The summed E-state index contributed by atoms with van der Waals surface area (Å²) in [7, 11) is 0. The first kappa shape index (κ1) is 23.0. The Morgan fingerprint density at radius 1 is 1.09 bits per heavy atom. The predicted octanol–water partition coefficient (Wildman–Crippen LogP) is 5.76. The molecule has 3 heterocycles. The number of fused-ring (bicyclic) bond motifs is 2. The Labute approximate surface area is 200 Å². The van der Waals surface area contributed by atoms with E-state index >= 15 is 0 Å². The molecule has 178 valence electrons. The molecular weight excluding hydrogens is 486 g/mol. The number of pyridine rings is 1. The summed E-state index contributed by atoms with van der Waals surface area (Å²) in [5, 5.41) is -0.295. The number of aromatic amines is 1. The molecular formula is C24H16ClF4N5O. The highest BCUT2D eigenvalue weighted by Crippen LogP contribution is 2.34. The molecule has 2 aromatic carbocycles. The van der Waals surface area contributed by atoms with E-state index in [0.29, 0.717) is 16.9 Å². The van der Waals surface area contributed by atoms with E-state index in [-0.39, 0.29) is 27.4 Å². The minimum Gasteiger partial charge on any atom is -0.343 e. The molecule has 35 heavy (non-hydrogen) atoms. The summed E-state index contributed by atoms with van der Waals surface area (Å²) in [6, 6.07) is 10.7. The van der Waals surface area contributed by atoms with Crippen molar-refractivity contribution in [1.82, 2.24) is 19.5 Å². The fourth-order valence-electron chi connectivity index (χ4n) is 4.06. The molecule has 5 rings (SSSR count). The van der Waals surface area contributed by atoms with Gasteiger partial charge in [0.1, 0.15) is 10.8 Å². The van der Waals surface area contributed by atoms with Crippen LogP contribution in [0.3, 0.4) is 0 Å². The zero-order chi connectivity index (χ0) is 25.1. The van der Waals surface area contributed by atoms with Gasteiger partial charge in [-0.25, -0.2) is 14.4 Å². The average molecular weight is 502 g/mol. The van der Waals surface area contributed by atoms with Gasteiger partial charge in [0, 0.05) is 29.2 Å². The van der Waals surface area contributed by atoms with Crippen molar-refractivity contribution in [3.63, 3.8) is 0 Å². The van der Waals surface area contributed by atoms with Gasteiger partial charge in [-0.1, -0.05) is 23.7 Å². The number of benzene rings is 2. The maximum absolute atomic E-state index is 13.8. The fourth-order valence-corrected chi connectivity index (χ4v) is 4.32. The summed E-state index contributed by atoms with van der Waals surface area (Å²) in [6.07, 6.45) is -3.59. The van der Waals surface area contributed by atoms with Gasteiger partial charge in [0.25, 0.3) is 5.56 Å². The van der Waals surface area contributed by atoms with Crippen LogP contribution in [0, 0.1) is 5.82 Å². The van der Waals surface area contributed by atoms with Gasteiger partial charge >= 0.3 is 6.18 Å². The minimum absolute atomic E-state index is 0.0665. The summed E-state index contributed by atoms with van der Waals surface area (Å²) >= 11 is 6.11. The molecule has 11 heteroatoms. The van der Waals surface area contributed by atoms with Gasteiger partial charge in [-0.15, -0.1) is 0 Å². The monoisotopic (exact) mass is 501 g/mol. The van der Waals surface area contributed by atoms with Gasteiger partial charge in [0.15, 0.2) is 11.6 Å². The third kappa shape index (κ3) is 3.84. The van der Waals surface area contributed by atoms with E-state index in [1.54, 1.807) is 31.2 Å². The van der Waals surface area contributed by atoms with Crippen molar-refractivity contribution in [3.8, 4) is 17.1 Å². The lowest BCUT2D eigenvalue weighted by molar-refractivity contribution is -0.136. The first-order chi connectivity index (χ1) is 16.6. The molecule has 0 spiro atoms. The first-order valence-electron chi connectivity index (χ1n) is 10.4. The topological polar surface area (TPSA) is 89.6 Å². The largest absolute Gasteiger partial charge is 0.417 e. The third-order valence-corrected chi connectivity index (χ3v) is 5.94. The molecule has 0 saturated heterocycles. The van der Waals surface area contributed by atoms with Crippen LogP contribution in [0.5, 0.6) is 0 Å². The normalized spacial score (nSPS) is 13.0. The lowest BCUT2D eigenvalue weighted by Gasteiger charge is -2.19. The van der Waals surface area contributed by atoms with E-state index in [1.165, 1.54) is 22.8 Å². The molecule has 3 N–H and O–H groups in total. The lowest BCUT2D eigenvalue weighted by atomic mass is 10.0. The molecule has 0 bridgehead atoms. The highest BCUT2D eigenvalue weighted by Gasteiger charge is 2.34. The van der Waals surface area contributed by atoms with Crippen molar-refractivity contribution in [2.24, 2.45) is 5.73 Å². The van der Waals surface area contributed by atoms with E-state index < -0.39 is 34.5 Å². The standard InChI is InChI=1S/C24H16ClF4N5O/c1-11(30)17-9-13-3-2-4-15(24(27,28)29)18(13)23(35)34(17)14-7-5-12(6-8-14)21-32-20(25)19-16(26)10-31-22(19)33-21/h2-11H,30H2,1H3,(H,31,32,33)/t11-/m0/s1. The second-order valence-electron chi connectivity index (χ2n) is 8.01. The molecule has 5 aromatic rings. The SMILES string of the molecule is C[C@H](N)c1cc2cccc(C(F)(F)F)c2c(=O)n1-c1ccc(-c2nc(Cl)c3c(F)c[nH]c3n2)cc1. The number of H-pyrrole nitrogens is 1. The third-order valence-electron chi connectivity index (χ3n) is 5.67. The van der Waals surface area contributed by atoms with E-state index in [4.69, 9.17) is 17.3 Å². The predicted molar refractivity (Wildman–Crippen MR) is 125 cm³/mol. The Morgan fingerprint density at radius 3 is 2.46 bits per heavy atom. The summed E-state index contributed by atoms with van der Waals surface area (Å²) < 4.78 is 56.0. The van der Waals surface area contributed by atoms with Gasteiger partial charge < -0.3 is 10.7 Å². The molecule has 0 unspecified atom stereocenters. The number of nitrogens with one attached hydrogen (secondary N) is 1. The summed E-state index contributed by atoms with van der Waals surface area (Å²) in [4.78, 5) is 24.5. The number of hydrogen-bond donors (Lipinski definition) is 2. The van der Waals surface area contributed by atoms with Crippen molar-refractivity contribution < 1.29 is 17.6 Å². The Bertz CT molecular complexity index is 1660. The lowest BCUT2D eigenvalue weighted by Crippen LogP contribution is -2.27. The second kappa shape index (κ2) is 8.17. The van der Waals surface area contributed by atoms with Crippen LogP contribution in [-0.2, 0) is 6.18 Å². The summed E-state index contributed by atoms with van der Waals surface area (Å²) in [5.41, 5.74) is 5.59. The van der Waals surface area contributed by atoms with Crippen LogP contribution < -0.4 is 11.3 Å². The number of nitrogens with zero attached hydrogens (tertiary/aromatic N) is 3. The number of alkyl halides is 3. The molecule has 0 fully saturated rings. The first-order valence-corrected chi connectivity index (χ1v) is 10.8. The van der Waals surface area contributed by atoms with Crippen molar-refractivity contribution in [1.29, 1.82) is 0 Å². The highest BCUT2D eigenvalue weighted by molar-refractivity contribution is 6.34. The summed E-state index contributed by atoms with van der Waals surface area (Å²) in [5.74, 6) is -0.377. The molecule has 1 atom stereocenters. The maximum atomic E-state index is 13.8. The number of halogens is 5. The Balaban J connectivity index is 1.69. The zero-order valence-electron chi connectivity index (χ0n) is 18.0. The van der Waals surface area contributed by atoms with Crippen LogP contribution in [0.25, 0.3) is 38.9 Å². The highest BCUT2D eigenvalue weighted by atomic mass is 35.5. The van der Waals surface area contributed by atoms with E-state index in [9.17, 15) is 22.4 Å². The van der Waals surface area contributed by atoms with Crippen LogP contribution in [0.1, 0.15) is 24.2 Å². The number of rotatable bonds is 3. The van der Waals surface area contributed by atoms with E-state index in [2.05, 4.69) is 15.0 Å². The molecule has 0 radical (unpaired) electrons. The van der Waals surface area contributed by atoms with Crippen LogP contribution in [0.2, 0.25) is 5.15 Å². The smallest absolute Gasteiger partial charge is 0.343 e. The maximum Gasteiger partial charge on any atom is 0.417 e. The van der Waals surface area contributed by atoms with Crippen LogP contribution in [0.15, 0.2) is 59.5 Å². The number of hydrogen-bond acceptors (Lipinski definition) is 4. The van der Waals surface area contributed by atoms with Crippen molar-refractivity contribution in [3.05, 3.63) is 87.3 Å². The number of nitrogens with two attached hydrogens (primary N) is 1. The van der Waals surface area contributed by atoms with Gasteiger partial charge in [0.2, 0.25) is 0 Å². The van der Waals surface area contributed by atoms with Gasteiger partial charge in [0.05, 0.1) is 16.3 Å². The molecule has 0 aliphatic carbocycles. The second-order valence-corrected chi connectivity index (χ2v) is 8.37. The van der Waals surface area contributed by atoms with Crippen LogP contribution in [0.4, 0.5) is 17.6 Å². The molecule has 3 aromatic heterocycles. The Morgan fingerprint density at radius 2 is 1.80 bits per heavy atom. The van der Waals surface area contributed by atoms with Gasteiger partial charge in [-0.3, -0.25) is 9.36 Å². The molecule has 0 aliphatic rings. The van der Waals surface area contributed by atoms with Crippen molar-refractivity contribution >= 4 is 33.4 Å². The Kier molecular flexibility index (Phi) is 5.37. The molecule has 6 nitrogen and oxygen atoms in total. The van der Waals surface area contributed by atoms with E-state index in [1.807, 2.05) is 0 Å². The van der Waals surface area contributed by atoms with Gasteiger partial charge in [-0.2, -0.15) is 13.2 Å².